The molecular weight excluding hydrogens is 258 g/mol. The van der Waals surface area contributed by atoms with Crippen LogP contribution in [0, 0.1) is 0 Å². The number of allylic oxidation sites excluding steroid dienone is 1. The zero-order valence-corrected chi connectivity index (χ0v) is 12.1. The van der Waals surface area contributed by atoms with E-state index < -0.39 is 5.54 Å². The lowest BCUT2D eigenvalue weighted by atomic mass is 9.81. The summed E-state index contributed by atoms with van der Waals surface area (Å²) in [6.07, 6.45) is 8.23. The van der Waals surface area contributed by atoms with E-state index in [0.717, 1.165) is 31.4 Å². The van der Waals surface area contributed by atoms with Gasteiger partial charge in [0.05, 0.1) is 19.5 Å². The molecule has 0 saturated heterocycles. The molecule has 5 heteroatoms. The van der Waals surface area contributed by atoms with E-state index in [9.17, 15) is 9.59 Å². The van der Waals surface area contributed by atoms with Crippen LogP contribution in [0.1, 0.15) is 51.4 Å². The maximum atomic E-state index is 12.1. The summed E-state index contributed by atoms with van der Waals surface area (Å²) in [5.74, 6) is 0.464. The fourth-order valence-electron chi connectivity index (χ4n) is 2.94. The highest BCUT2D eigenvalue weighted by molar-refractivity contribution is 5.88. The van der Waals surface area contributed by atoms with E-state index in [0.29, 0.717) is 32.3 Å². The predicted octanol–water partition coefficient (Wildman–Crippen LogP) is 2.06. The summed E-state index contributed by atoms with van der Waals surface area (Å²) < 4.78 is 10.3. The maximum absolute atomic E-state index is 12.1. The molecule has 1 amide bonds. The summed E-state index contributed by atoms with van der Waals surface area (Å²) in [4.78, 5) is 24.1. The summed E-state index contributed by atoms with van der Waals surface area (Å²) in [6, 6.07) is 0. The summed E-state index contributed by atoms with van der Waals surface area (Å²) in [7, 11) is 1.38. The van der Waals surface area contributed by atoms with Gasteiger partial charge in [-0.25, -0.2) is 4.79 Å². The summed E-state index contributed by atoms with van der Waals surface area (Å²) in [5.41, 5.74) is -0.811. The Morgan fingerprint density at radius 1 is 1.35 bits per heavy atom. The lowest BCUT2D eigenvalue weighted by molar-refractivity contribution is -0.152. The van der Waals surface area contributed by atoms with Gasteiger partial charge in [0.1, 0.15) is 5.54 Å². The molecular formula is C15H23NO4. The highest BCUT2D eigenvalue weighted by Gasteiger charge is 2.41. The van der Waals surface area contributed by atoms with Gasteiger partial charge in [0, 0.05) is 19.3 Å². The predicted molar refractivity (Wildman–Crippen MR) is 73.9 cm³/mol. The van der Waals surface area contributed by atoms with E-state index in [2.05, 4.69) is 5.32 Å². The Hall–Kier alpha value is -1.52. The fourth-order valence-corrected chi connectivity index (χ4v) is 2.94. The lowest BCUT2D eigenvalue weighted by Gasteiger charge is -2.35. The van der Waals surface area contributed by atoms with Gasteiger partial charge in [-0.15, -0.1) is 0 Å². The van der Waals surface area contributed by atoms with E-state index in [1.807, 2.05) is 6.08 Å². The average Bonchev–Trinajstić information content (AvgIpc) is 2.98. The average molecular weight is 281 g/mol. The number of esters is 1. The lowest BCUT2D eigenvalue weighted by Crippen LogP contribution is -2.56. The molecule has 0 bridgehead atoms. The van der Waals surface area contributed by atoms with Gasteiger partial charge in [-0.1, -0.05) is 19.3 Å². The molecule has 0 unspecified atom stereocenters. The Morgan fingerprint density at radius 3 is 2.70 bits per heavy atom. The summed E-state index contributed by atoms with van der Waals surface area (Å²) in [5, 5.41) is 2.91. The Balaban J connectivity index is 1.89. The first-order valence-corrected chi connectivity index (χ1v) is 7.37. The molecule has 1 saturated carbocycles. The number of ether oxygens (including phenoxy) is 2. The van der Waals surface area contributed by atoms with Crippen LogP contribution >= 0.6 is 0 Å². The quantitative estimate of drug-likeness (QED) is 0.783. The third-order valence-corrected chi connectivity index (χ3v) is 4.04. The third-order valence-electron chi connectivity index (χ3n) is 4.04. The van der Waals surface area contributed by atoms with Crippen molar-refractivity contribution in [1.29, 1.82) is 0 Å². The Bertz CT molecular complexity index is 397. The second-order valence-corrected chi connectivity index (χ2v) is 5.49. The van der Waals surface area contributed by atoms with Crippen LogP contribution in [-0.2, 0) is 19.1 Å². The van der Waals surface area contributed by atoms with Crippen LogP contribution in [0.3, 0.4) is 0 Å². The van der Waals surface area contributed by atoms with Crippen molar-refractivity contribution in [3.8, 4) is 0 Å². The molecule has 1 N–H and O–H groups in total. The van der Waals surface area contributed by atoms with Gasteiger partial charge >= 0.3 is 5.97 Å². The molecule has 1 aliphatic carbocycles. The molecule has 0 atom stereocenters. The molecule has 0 radical (unpaired) electrons. The zero-order valence-electron chi connectivity index (χ0n) is 12.1. The van der Waals surface area contributed by atoms with Crippen molar-refractivity contribution in [2.24, 2.45) is 0 Å². The van der Waals surface area contributed by atoms with Crippen molar-refractivity contribution in [2.45, 2.75) is 56.9 Å². The number of carbonyl (C=O) groups excluding carboxylic acids is 2. The first kappa shape index (κ1) is 14.9. The van der Waals surface area contributed by atoms with E-state index in [4.69, 9.17) is 9.47 Å². The molecule has 0 aromatic heterocycles. The number of amides is 1. The van der Waals surface area contributed by atoms with E-state index in [-0.39, 0.29) is 11.9 Å². The van der Waals surface area contributed by atoms with E-state index >= 15 is 0 Å². The summed E-state index contributed by atoms with van der Waals surface area (Å²) >= 11 is 0. The van der Waals surface area contributed by atoms with Crippen molar-refractivity contribution >= 4 is 11.9 Å². The molecule has 112 valence electrons. The minimum atomic E-state index is -0.811. The molecule has 2 rings (SSSR count). The van der Waals surface area contributed by atoms with Crippen LogP contribution in [0.5, 0.6) is 0 Å². The number of carbonyl (C=O) groups is 2. The van der Waals surface area contributed by atoms with Gasteiger partial charge in [0.2, 0.25) is 5.91 Å². The Labute approximate surface area is 119 Å². The molecule has 5 nitrogen and oxygen atoms in total. The highest BCUT2D eigenvalue weighted by Crippen LogP contribution is 2.29. The smallest absolute Gasteiger partial charge is 0.331 e. The highest BCUT2D eigenvalue weighted by atomic mass is 16.5. The minimum absolute atomic E-state index is 0.103. The Kier molecular flexibility index (Phi) is 5.04. The van der Waals surface area contributed by atoms with Crippen LogP contribution in [0.2, 0.25) is 0 Å². The van der Waals surface area contributed by atoms with Crippen LogP contribution in [0.15, 0.2) is 11.8 Å². The van der Waals surface area contributed by atoms with Gasteiger partial charge in [-0.05, 0) is 18.9 Å². The first-order chi connectivity index (χ1) is 9.66. The Morgan fingerprint density at radius 2 is 2.10 bits per heavy atom. The van der Waals surface area contributed by atoms with Crippen molar-refractivity contribution in [3.05, 3.63) is 11.8 Å². The van der Waals surface area contributed by atoms with Gasteiger partial charge in [0.15, 0.2) is 0 Å². The van der Waals surface area contributed by atoms with Gasteiger partial charge in [-0.2, -0.15) is 0 Å². The standard InChI is InChI=1S/C15H23NO4/c1-19-14(18)15(9-3-2-4-10-15)16-13(17)8-7-12-6-5-11-20-12/h6H,2-5,7-11H2,1H3,(H,16,17). The molecule has 1 aliphatic heterocycles. The monoisotopic (exact) mass is 281 g/mol. The van der Waals surface area contributed by atoms with E-state index in [1.54, 1.807) is 0 Å². The molecule has 1 fully saturated rings. The fraction of sp³-hybridized carbons (Fsp3) is 0.733. The molecule has 1 heterocycles. The topological polar surface area (TPSA) is 64.6 Å². The largest absolute Gasteiger partial charge is 0.498 e. The van der Waals surface area contributed by atoms with Crippen molar-refractivity contribution in [2.75, 3.05) is 13.7 Å². The van der Waals surface area contributed by atoms with Gasteiger partial charge in [-0.3, -0.25) is 4.79 Å². The molecule has 0 aromatic carbocycles. The van der Waals surface area contributed by atoms with Crippen molar-refractivity contribution < 1.29 is 19.1 Å². The van der Waals surface area contributed by atoms with Crippen molar-refractivity contribution in [3.63, 3.8) is 0 Å². The van der Waals surface area contributed by atoms with Crippen LogP contribution < -0.4 is 5.32 Å². The molecule has 20 heavy (non-hydrogen) atoms. The normalized spacial score (nSPS) is 20.8. The van der Waals surface area contributed by atoms with Gasteiger partial charge < -0.3 is 14.8 Å². The minimum Gasteiger partial charge on any atom is -0.498 e. The maximum Gasteiger partial charge on any atom is 0.331 e. The first-order valence-electron chi connectivity index (χ1n) is 7.37. The third kappa shape index (κ3) is 3.52. The SMILES string of the molecule is COC(=O)C1(NC(=O)CCC2=CCCO2)CCCCC1. The second-order valence-electron chi connectivity index (χ2n) is 5.49. The zero-order chi connectivity index (χ0) is 14.4. The van der Waals surface area contributed by atoms with Crippen molar-refractivity contribution in [1.82, 2.24) is 5.32 Å². The number of hydrogen-bond acceptors (Lipinski definition) is 4. The molecule has 0 aromatic rings. The van der Waals surface area contributed by atoms with Gasteiger partial charge in [0.25, 0.3) is 0 Å². The molecule has 0 spiro atoms. The van der Waals surface area contributed by atoms with E-state index in [1.165, 1.54) is 7.11 Å². The number of nitrogens with one attached hydrogen (secondary N) is 1. The second kappa shape index (κ2) is 6.77. The van der Waals surface area contributed by atoms with Crippen LogP contribution in [0.4, 0.5) is 0 Å². The number of hydrogen-bond donors (Lipinski definition) is 1. The van der Waals surface area contributed by atoms with Crippen LogP contribution in [-0.4, -0.2) is 31.1 Å². The molecule has 2 aliphatic rings. The number of rotatable bonds is 5. The summed E-state index contributed by atoms with van der Waals surface area (Å²) in [6.45, 7) is 0.711. The van der Waals surface area contributed by atoms with Crippen LogP contribution in [0.25, 0.3) is 0 Å². The number of methoxy groups -OCH3 is 1.